The van der Waals surface area contributed by atoms with Gasteiger partial charge in [-0.05, 0) is 19.8 Å². The van der Waals surface area contributed by atoms with Crippen molar-refractivity contribution in [1.82, 2.24) is 4.90 Å². The standard InChI is InChI=1S/C20H39NO/c1-5-7-9-10-11-12-13-14-15-16-18-21(17-8-6-2)20(22)19(3)4/h3,5-18H2,1-2,4H3. The number of hydrogen-bond donors (Lipinski definition) is 0. The molecule has 0 heterocycles. The van der Waals surface area contributed by atoms with Crippen LogP contribution in [0.1, 0.15) is 97.8 Å². The van der Waals surface area contributed by atoms with E-state index >= 15 is 0 Å². The Balaban J connectivity index is 3.63. The molecule has 0 aromatic rings. The van der Waals surface area contributed by atoms with Crippen LogP contribution in [0.15, 0.2) is 12.2 Å². The maximum absolute atomic E-state index is 12.1. The molecule has 1 amide bonds. The van der Waals surface area contributed by atoms with E-state index in [2.05, 4.69) is 20.4 Å². The Morgan fingerprint density at radius 2 is 1.14 bits per heavy atom. The monoisotopic (exact) mass is 309 g/mol. The molecular weight excluding hydrogens is 270 g/mol. The highest BCUT2D eigenvalue weighted by atomic mass is 16.2. The average Bonchev–Trinajstić information content (AvgIpc) is 2.51. The van der Waals surface area contributed by atoms with Crippen molar-refractivity contribution in [3.63, 3.8) is 0 Å². The summed E-state index contributed by atoms with van der Waals surface area (Å²) in [6.45, 7) is 11.8. The predicted molar refractivity (Wildman–Crippen MR) is 98.1 cm³/mol. The maximum Gasteiger partial charge on any atom is 0.248 e. The first-order valence-corrected chi connectivity index (χ1v) is 9.58. The largest absolute Gasteiger partial charge is 0.339 e. The molecule has 0 spiro atoms. The van der Waals surface area contributed by atoms with Crippen LogP contribution < -0.4 is 0 Å². The first-order chi connectivity index (χ1) is 10.6. The Morgan fingerprint density at radius 1 is 0.727 bits per heavy atom. The van der Waals surface area contributed by atoms with Crippen LogP contribution in [0.5, 0.6) is 0 Å². The van der Waals surface area contributed by atoms with Gasteiger partial charge in [-0.3, -0.25) is 4.79 Å². The minimum Gasteiger partial charge on any atom is -0.339 e. The number of amides is 1. The maximum atomic E-state index is 12.1. The third kappa shape index (κ3) is 11.8. The summed E-state index contributed by atoms with van der Waals surface area (Å²) < 4.78 is 0. The summed E-state index contributed by atoms with van der Waals surface area (Å²) in [4.78, 5) is 14.1. The molecule has 2 heteroatoms. The highest BCUT2D eigenvalue weighted by Gasteiger charge is 2.12. The van der Waals surface area contributed by atoms with E-state index in [0.29, 0.717) is 5.57 Å². The van der Waals surface area contributed by atoms with Crippen LogP contribution in [0.2, 0.25) is 0 Å². The smallest absolute Gasteiger partial charge is 0.248 e. The second-order valence-electron chi connectivity index (χ2n) is 6.61. The van der Waals surface area contributed by atoms with E-state index in [0.717, 1.165) is 32.4 Å². The summed E-state index contributed by atoms with van der Waals surface area (Å²) >= 11 is 0. The number of rotatable bonds is 15. The topological polar surface area (TPSA) is 20.3 Å². The van der Waals surface area contributed by atoms with Crippen molar-refractivity contribution < 1.29 is 4.79 Å². The number of hydrogen-bond acceptors (Lipinski definition) is 1. The normalized spacial score (nSPS) is 10.7. The van der Waals surface area contributed by atoms with Gasteiger partial charge in [0.05, 0.1) is 0 Å². The van der Waals surface area contributed by atoms with Gasteiger partial charge in [-0.2, -0.15) is 0 Å². The summed E-state index contributed by atoms with van der Waals surface area (Å²) in [5, 5.41) is 0. The van der Waals surface area contributed by atoms with E-state index in [1.54, 1.807) is 0 Å². The van der Waals surface area contributed by atoms with Gasteiger partial charge in [0.2, 0.25) is 5.91 Å². The molecule has 130 valence electrons. The zero-order valence-electron chi connectivity index (χ0n) is 15.5. The van der Waals surface area contributed by atoms with E-state index in [1.165, 1.54) is 57.8 Å². The van der Waals surface area contributed by atoms with E-state index in [-0.39, 0.29) is 5.91 Å². The molecule has 0 saturated heterocycles. The van der Waals surface area contributed by atoms with Gasteiger partial charge >= 0.3 is 0 Å². The fourth-order valence-electron chi connectivity index (χ4n) is 2.72. The minimum absolute atomic E-state index is 0.143. The van der Waals surface area contributed by atoms with Gasteiger partial charge in [-0.15, -0.1) is 0 Å². The highest BCUT2D eigenvalue weighted by molar-refractivity contribution is 5.92. The minimum atomic E-state index is 0.143. The Labute approximate surface area is 139 Å². The lowest BCUT2D eigenvalue weighted by atomic mass is 10.1. The van der Waals surface area contributed by atoms with Crippen molar-refractivity contribution in [3.05, 3.63) is 12.2 Å². The number of carbonyl (C=O) groups excluding carboxylic acids is 1. The first kappa shape index (κ1) is 21.2. The lowest BCUT2D eigenvalue weighted by Gasteiger charge is -2.22. The SMILES string of the molecule is C=C(C)C(=O)N(CCCC)CCCCCCCCCCCC. The fraction of sp³-hybridized carbons (Fsp3) is 0.850. The van der Waals surface area contributed by atoms with Crippen LogP contribution in [0, 0.1) is 0 Å². The van der Waals surface area contributed by atoms with Crippen LogP contribution in [0.4, 0.5) is 0 Å². The fourth-order valence-corrected chi connectivity index (χ4v) is 2.72. The summed E-state index contributed by atoms with van der Waals surface area (Å²) in [5.41, 5.74) is 0.670. The molecule has 0 radical (unpaired) electrons. The predicted octanol–water partition coefficient (Wildman–Crippen LogP) is 6.11. The molecule has 0 unspecified atom stereocenters. The third-order valence-corrected chi connectivity index (χ3v) is 4.22. The van der Waals surface area contributed by atoms with Crippen molar-refractivity contribution in [3.8, 4) is 0 Å². The van der Waals surface area contributed by atoms with Gasteiger partial charge < -0.3 is 4.90 Å². The van der Waals surface area contributed by atoms with Crippen molar-refractivity contribution >= 4 is 5.91 Å². The number of carbonyl (C=O) groups is 1. The van der Waals surface area contributed by atoms with Crippen molar-refractivity contribution in [1.29, 1.82) is 0 Å². The molecule has 0 bridgehead atoms. The second-order valence-corrected chi connectivity index (χ2v) is 6.61. The molecule has 0 fully saturated rings. The average molecular weight is 310 g/mol. The molecule has 0 aliphatic rings. The van der Waals surface area contributed by atoms with E-state index in [9.17, 15) is 4.79 Å². The molecule has 22 heavy (non-hydrogen) atoms. The summed E-state index contributed by atoms with van der Waals surface area (Å²) in [6.07, 6.45) is 15.6. The van der Waals surface area contributed by atoms with Gasteiger partial charge in [0.1, 0.15) is 0 Å². The van der Waals surface area contributed by atoms with E-state index in [4.69, 9.17) is 0 Å². The van der Waals surface area contributed by atoms with Gasteiger partial charge in [0, 0.05) is 18.7 Å². The summed E-state index contributed by atoms with van der Waals surface area (Å²) in [5.74, 6) is 0.143. The Kier molecular flexibility index (Phi) is 14.6. The van der Waals surface area contributed by atoms with Gasteiger partial charge in [-0.1, -0.05) is 84.6 Å². The zero-order chi connectivity index (χ0) is 16.6. The molecule has 0 aliphatic heterocycles. The Morgan fingerprint density at radius 3 is 1.59 bits per heavy atom. The quantitative estimate of drug-likeness (QED) is 0.264. The lowest BCUT2D eigenvalue weighted by molar-refractivity contribution is -0.127. The second kappa shape index (κ2) is 15.1. The highest BCUT2D eigenvalue weighted by Crippen LogP contribution is 2.11. The van der Waals surface area contributed by atoms with Crippen LogP contribution in [-0.2, 0) is 4.79 Å². The molecule has 0 saturated carbocycles. The van der Waals surface area contributed by atoms with Crippen molar-refractivity contribution in [2.45, 2.75) is 97.8 Å². The van der Waals surface area contributed by atoms with E-state index in [1.807, 2.05) is 11.8 Å². The number of unbranched alkanes of at least 4 members (excludes halogenated alkanes) is 10. The third-order valence-electron chi connectivity index (χ3n) is 4.22. The zero-order valence-corrected chi connectivity index (χ0v) is 15.5. The van der Waals surface area contributed by atoms with Gasteiger partial charge in [0.25, 0.3) is 0 Å². The van der Waals surface area contributed by atoms with Crippen LogP contribution in [0.25, 0.3) is 0 Å². The van der Waals surface area contributed by atoms with Crippen LogP contribution in [-0.4, -0.2) is 23.9 Å². The van der Waals surface area contributed by atoms with Crippen molar-refractivity contribution in [2.24, 2.45) is 0 Å². The Bertz CT molecular complexity index is 285. The molecule has 0 N–H and O–H groups in total. The first-order valence-electron chi connectivity index (χ1n) is 9.58. The molecule has 0 rings (SSSR count). The van der Waals surface area contributed by atoms with Gasteiger partial charge in [0.15, 0.2) is 0 Å². The molecule has 0 aromatic heterocycles. The summed E-state index contributed by atoms with van der Waals surface area (Å²) in [7, 11) is 0. The van der Waals surface area contributed by atoms with E-state index < -0.39 is 0 Å². The molecule has 2 nitrogen and oxygen atoms in total. The summed E-state index contributed by atoms with van der Waals surface area (Å²) in [6, 6.07) is 0. The lowest BCUT2D eigenvalue weighted by Crippen LogP contribution is -2.33. The van der Waals surface area contributed by atoms with Gasteiger partial charge in [-0.25, -0.2) is 0 Å². The van der Waals surface area contributed by atoms with Crippen LogP contribution >= 0.6 is 0 Å². The molecule has 0 atom stereocenters. The molecule has 0 aliphatic carbocycles. The Hall–Kier alpha value is -0.790. The molecular formula is C20H39NO. The molecule has 0 aromatic carbocycles. The van der Waals surface area contributed by atoms with Crippen molar-refractivity contribution in [2.75, 3.05) is 13.1 Å². The number of nitrogens with zero attached hydrogens (tertiary/aromatic N) is 1. The van der Waals surface area contributed by atoms with Crippen LogP contribution in [0.3, 0.4) is 0 Å².